The second-order valence-electron chi connectivity index (χ2n) is 5.24. The Hall–Kier alpha value is -1.29. The number of hydrogen-bond acceptors (Lipinski definition) is 2. The van der Waals surface area contributed by atoms with E-state index in [2.05, 4.69) is 0 Å². The monoisotopic (exact) mass is 271 g/mol. The Morgan fingerprint density at radius 2 is 2.11 bits per heavy atom. The van der Waals surface area contributed by atoms with E-state index < -0.39 is 17.5 Å². The molecule has 0 atom stereocenters. The predicted molar refractivity (Wildman–Crippen MR) is 68.7 cm³/mol. The minimum Gasteiger partial charge on any atom is -0.443 e. The van der Waals surface area contributed by atoms with Crippen LogP contribution < -0.4 is 4.90 Å². The lowest BCUT2D eigenvalue weighted by Crippen LogP contribution is -2.35. The van der Waals surface area contributed by atoms with E-state index in [1.54, 1.807) is 26.8 Å². The lowest BCUT2D eigenvalue weighted by molar-refractivity contribution is 0.0584. The van der Waals surface area contributed by atoms with Gasteiger partial charge in [0.2, 0.25) is 0 Å². The summed E-state index contributed by atoms with van der Waals surface area (Å²) in [5.74, 6) is -0.444. The summed E-state index contributed by atoms with van der Waals surface area (Å²) in [5.41, 5.74) is 0.463. The van der Waals surface area contributed by atoms with E-state index in [0.29, 0.717) is 24.2 Å². The molecule has 0 unspecified atom stereocenters. The van der Waals surface area contributed by atoms with Crippen LogP contribution in [0.5, 0.6) is 0 Å². The van der Waals surface area contributed by atoms with E-state index >= 15 is 0 Å². The molecule has 1 heterocycles. The van der Waals surface area contributed by atoms with Crippen molar-refractivity contribution in [3.63, 3.8) is 0 Å². The number of hydrogen-bond donors (Lipinski definition) is 0. The van der Waals surface area contributed by atoms with Gasteiger partial charge in [0.05, 0.1) is 10.7 Å². The van der Waals surface area contributed by atoms with Gasteiger partial charge >= 0.3 is 6.09 Å². The molecule has 0 aromatic heterocycles. The molecule has 3 nitrogen and oxygen atoms in total. The molecule has 0 radical (unpaired) electrons. The Morgan fingerprint density at radius 1 is 1.44 bits per heavy atom. The van der Waals surface area contributed by atoms with Gasteiger partial charge in [-0.2, -0.15) is 0 Å². The first kappa shape index (κ1) is 13.1. The zero-order valence-corrected chi connectivity index (χ0v) is 11.3. The fraction of sp³-hybridized carbons (Fsp3) is 0.462. The van der Waals surface area contributed by atoms with E-state index in [4.69, 9.17) is 16.3 Å². The van der Waals surface area contributed by atoms with Crippen molar-refractivity contribution in [2.45, 2.75) is 32.8 Å². The van der Waals surface area contributed by atoms with Crippen molar-refractivity contribution in [1.82, 2.24) is 0 Å². The zero-order valence-electron chi connectivity index (χ0n) is 10.6. The van der Waals surface area contributed by atoms with Gasteiger partial charge in [0, 0.05) is 12.1 Å². The SMILES string of the molecule is CC(C)(C)OC(=O)N1CCc2c1ccc(Cl)c2F. The molecule has 5 heteroatoms. The summed E-state index contributed by atoms with van der Waals surface area (Å²) in [7, 11) is 0. The van der Waals surface area contributed by atoms with Gasteiger partial charge in [0.15, 0.2) is 0 Å². The van der Waals surface area contributed by atoms with Crippen molar-refractivity contribution < 1.29 is 13.9 Å². The van der Waals surface area contributed by atoms with Crippen molar-refractivity contribution in [2.75, 3.05) is 11.4 Å². The lowest BCUT2D eigenvalue weighted by atomic mass is 10.1. The van der Waals surface area contributed by atoms with Crippen LogP contribution in [0.25, 0.3) is 0 Å². The number of nitrogens with zero attached hydrogens (tertiary/aromatic N) is 1. The Kier molecular flexibility index (Phi) is 3.23. The van der Waals surface area contributed by atoms with Crippen LogP contribution in [-0.4, -0.2) is 18.2 Å². The van der Waals surface area contributed by atoms with Gasteiger partial charge in [-0.1, -0.05) is 11.6 Å². The summed E-state index contributed by atoms with van der Waals surface area (Å²) >= 11 is 5.72. The van der Waals surface area contributed by atoms with Crippen LogP contribution in [0.15, 0.2) is 12.1 Å². The third-order valence-corrected chi connectivity index (χ3v) is 2.95. The van der Waals surface area contributed by atoms with Crippen LogP contribution in [0, 0.1) is 5.82 Å². The lowest BCUT2D eigenvalue weighted by Gasteiger charge is -2.24. The van der Waals surface area contributed by atoms with Crippen molar-refractivity contribution >= 4 is 23.4 Å². The van der Waals surface area contributed by atoms with Gasteiger partial charge in [-0.05, 0) is 39.3 Å². The van der Waals surface area contributed by atoms with E-state index in [1.165, 1.54) is 11.0 Å². The van der Waals surface area contributed by atoms with Crippen molar-refractivity contribution in [3.05, 3.63) is 28.5 Å². The first-order chi connectivity index (χ1) is 8.29. The Morgan fingerprint density at radius 3 is 2.72 bits per heavy atom. The van der Waals surface area contributed by atoms with Crippen LogP contribution >= 0.6 is 11.6 Å². The first-order valence-corrected chi connectivity index (χ1v) is 6.15. The molecule has 0 N–H and O–H groups in total. The van der Waals surface area contributed by atoms with Crippen LogP contribution in [0.2, 0.25) is 5.02 Å². The van der Waals surface area contributed by atoms with Gasteiger partial charge in [-0.25, -0.2) is 9.18 Å². The standard InChI is InChI=1S/C13H15ClFNO2/c1-13(2,3)18-12(17)16-7-6-8-10(16)5-4-9(14)11(8)15/h4-5H,6-7H2,1-3H3. The summed E-state index contributed by atoms with van der Waals surface area (Å²) in [6, 6.07) is 3.11. The molecule has 0 fully saturated rings. The summed E-state index contributed by atoms with van der Waals surface area (Å²) in [4.78, 5) is 13.4. The summed E-state index contributed by atoms with van der Waals surface area (Å²) in [6.45, 7) is 5.81. The molecule has 1 aliphatic heterocycles. The number of carbonyl (C=O) groups excluding carboxylic acids is 1. The molecule has 0 aliphatic carbocycles. The highest BCUT2D eigenvalue weighted by Gasteiger charge is 2.31. The third kappa shape index (κ3) is 2.43. The van der Waals surface area contributed by atoms with E-state index in [-0.39, 0.29) is 5.02 Å². The first-order valence-electron chi connectivity index (χ1n) is 5.77. The second kappa shape index (κ2) is 4.43. The Bertz CT molecular complexity index is 496. The normalized spacial score (nSPS) is 14.6. The van der Waals surface area contributed by atoms with Crippen molar-refractivity contribution in [3.8, 4) is 0 Å². The van der Waals surface area contributed by atoms with E-state index in [0.717, 1.165) is 0 Å². The minimum atomic E-state index is -0.565. The highest BCUT2D eigenvalue weighted by molar-refractivity contribution is 6.31. The van der Waals surface area contributed by atoms with Gasteiger partial charge < -0.3 is 4.74 Å². The fourth-order valence-corrected chi connectivity index (χ4v) is 2.10. The molecule has 0 spiro atoms. The minimum absolute atomic E-state index is 0.0831. The second-order valence-corrected chi connectivity index (χ2v) is 5.65. The number of anilines is 1. The summed E-state index contributed by atoms with van der Waals surface area (Å²) < 4.78 is 19.0. The number of amides is 1. The largest absolute Gasteiger partial charge is 0.443 e. The number of benzene rings is 1. The van der Waals surface area contributed by atoms with Gasteiger partial charge in [-0.15, -0.1) is 0 Å². The number of fused-ring (bicyclic) bond motifs is 1. The van der Waals surface area contributed by atoms with Crippen molar-refractivity contribution in [1.29, 1.82) is 0 Å². The zero-order chi connectivity index (χ0) is 13.5. The maximum Gasteiger partial charge on any atom is 0.414 e. The topological polar surface area (TPSA) is 29.5 Å². The third-order valence-electron chi connectivity index (χ3n) is 2.66. The molecule has 0 bridgehead atoms. The molecule has 1 aromatic carbocycles. The maximum absolute atomic E-state index is 13.8. The van der Waals surface area contributed by atoms with Crippen molar-refractivity contribution in [2.24, 2.45) is 0 Å². The smallest absolute Gasteiger partial charge is 0.414 e. The molecular formula is C13H15ClFNO2. The number of rotatable bonds is 0. The van der Waals surface area contributed by atoms with Crippen LogP contribution in [-0.2, 0) is 11.2 Å². The predicted octanol–water partition coefficient (Wildman–Crippen LogP) is 3.78. The molecule has 1 aromatic rings. The molecule has 0 saturated carbocycles. The average Bonchev–Trinajstić information content (AvgIpc) is 2.65. The molecule has 18 heavy (non-hydrogen) atoms. The summed E-state index contributed by atoms with van der Waals surface area (Å²) in [6.07, 6.45) is 0.00371. The summed E-state index contributed by atoms with van der Waals surface area (Å²) in [5, 5.41) is 0.0831. The molecule has 0 saturated heterocycles. The fourth-order valence-electron chi connectivity index (χ4n) is 1.92. The number of halogens is 2. The quantitative estimate of drug-likeness (QED) is 0.719. The van der Waals surface area contributed by atoms with E-state index in [1.807, 2.05) is 0 Å². The highest BCUT2D eigenvalue weighted by atomic mass is 35.5. The Labute approximate surface area is 110 Å². The molecule has 1 amide bonds. The van der Waals surface area contributed by atoms with E-state index in [9.17, 15) is 9.18 Å². The average molecular weight is 272 g/mol. The molecule has 1 aliphatic rings. The van der Waals surface area contributed by atoms with Gasteiger partial charge in [0.25, 0.3) is 0 Å². The Balaban J connectivity index is 2.27. The van der Waals surface area contributed by atoms with Crippen LogP contribution in [0.3, 0.4) is 0 Å². The van der Waals surface area contributed by atoms with Crippen LogP contribution in [0.1, 0.15) is 26.3 Å². The molecular weight excluding hydrogens is 257 g/mol. The molecule has 2 rings (SSSR count). The number of carbonyl (C=O) groups is 1. The number of ether oxygens (including phenoxy) is 1. The maximum atomic E-state index is 13.8. The molecule has 98 valence electrons. The highest BCUT2D eigenvalue weighted by Crippen LogP contribution is 2.34. The van der Waals surface area contributed by atoms with Crippen LogP contribution in [0.4, 0.5) is 14.9 Å². The van der Waals surface area contributed by atoms with Gasteiger partial charge in [-0.3, -0.25) is 4.90 Å². The van der Waals surface area contributed by atoms with Gasteiger partial charge in [0.1, 0.15) is 11.4 Å².